The average molecular weight is 319 g/mol. The lowest BCUT2D eigenvalue weighted by atomic mass is 9.89. The van der Waals surface area contributed by atoms with Crippen molar-refractivity contribution in [1.29, 1.82) is 0 Å². The van der Waals surface area contributed by atoms with Gasteiger partial charge in [-0.2, -0.15) is 5.10 Å². The molecule has 126 valence electrons. The molecule has 1 heterocycles. The molecule has 0 spiro atoms. The molecule has 1 unspecified atom stereocenters. The second-order valence-corrected chi connectivity index (χ2v) is 6.73. The van der Waals surface area contributed by atoms with Crippen LogP contribution in [0, 0.1) is 5.82 Å². The molecule has 23 heavy (non-hydrogen) atoms. The van der Waals surface area contributed by atoms with E-state index in [0.717, 1.165) is 17.0 Å². The Hall–Kier alpha value is -1.88. The van der Waals surface area contributed by atoms with Gasteiger partial charge in [0.2, 0.25) is 0 Å². The second kappa shape index (κ2) is 6.71. The number of aryl methyl sites for hydroxylation is 1. The summed E-state index contributed by atoms with van der Waals surface area (Å²) in [5.41, 5.74) is 8.68. The average Bonchev–Trinajstić information content (AvgIpc) is 2.85. The highest BCUT2D eigenvalue weighted by Crippen LogP contribution is 2.33. The summed E-state index contributed by atoms with van der Waals surface area (Å²) < 4.78 is 21.3. The van der Waals surface area contributed by atoms with Crippen LogP contribution in [0.15, 0.2) is 24.3 Å². The monoisotopic (exact) mass is 319 g/mol. The van der Waals surface area contributed by atoms with E-state index in [4.69, 9.17) is 10.5 Å². The molecule has 4 nitrogen and oxygen atoms in total. The molecule has 0 fully saturated rings. The van der Waals surface area contributed by atoms with Crippen molar-refractivity contribution in [1.82, 2.24) is 9.78 Å². The van der Waals surface area contributed by atoms with Crippen molar-refractivity contribution in [2.45, 2.75) is 39.0 Å². The third-order valence-corrected chi connectivity index (χ3v) is 3.92. The van der Waals surface area contributed by atoms with Crippen LogP contribution in [0.4, 0.5) is 4.39 Å². The minimum Gasteiger partial charge on any atom is -0.494 e. The quantitative estimate of drug-likeness (QED) is 0.919. The standard InChI is InChI=1S/C18H26FN3O/c1-6-23-16-8-7-12(19)9-13(16)14(11-20)15-10-17(18(2,3)4)21-22(15)5/h7-10,14H,6,11,20H2,1-5H3. The number of ether oxygens (including phenoxy) is 1. The van der Waals surface area contributed by atoms with Crippen molar-refractivity contribution < 1.29 is 9.13 Å². The highest BCUT2D eigenvalue weighted by molar-refractivity contribution is 5.42. The van der Waals surface area contributed by atoms with Crippen molar-refractivity contribution >= 4 is 0 Å². The van der Waals surface area contributed by atoms with Crippen LogP contribution in [0.5, 0.6) is 5.75 Å². The summed E-state index contributed by atoms with van der Waals surface area (Å²) in [7, 11) is 1.90. The zero-order chi connectivity index (χ0) is 17.2. The largest absolute Gasteiger partial charge is 0.494 e. The summed E-state index contributed by atoms with van der Waals surface area (Å²) >= 11 is 0. The van der Waals surface area contributed by atoms with E-state index < -0.39 is 0 Å². The molecule has 5 heteroatoms. The van der Waals surface area contributed by atoms with E-state index in [1.165, 1.54) is 12.1 Å². The number of rotatable bonds is 5. The Balaban J connectivity index is 2.52. The minimum absolute atomic E-state index is 0.0557. The Bertz CT molecular complexity index is 673. The molecule has 0 bridgehead atoms. The number of halogens is 1. The lowest BCUT2D eigenvalue weighted by molar-refractivity contribution is 0.334. The summed E-state index contributed by atoms with van der Waals surface area (Å²) in [5.74, 6) is 0.212. The number of benzene rings is 1. The number of hydrogen-bond acceptors (Lipinski definition) is 3. The van der Waals surface area contributed by atoms with Gasteiger partial charge < -0.3 is 10.5 Å². The smallest absolute Gasteiger partial charge is 0.123 e. The molecule has 2 N–H and O–H groups in total. The molecule has 0 aliphatic carbocycles. The number of hydrogen-bond donors (Lipinski definition) is 1. The molecular weight excluding hydrogens is 293 g/mol. The van der Waals surface area contributed by atoms with Gasteiger partial charge in [0.15, 0.2) is 0 Å². The topological polar surface area (TPSA) is 53.1 Å². The predicted octanol–water partition coefficient (Wildman–Crippen LogP) is 3.35. The van der Waals surface area contributed by atoms with E-state index in [2.05, 4.69) is 31.9 Å². The van der Waals surface area contributed by atoms with Gasteiger partial charge in [0.1, 0.15) is 11.6 Å². The summed E-state index contributed by atoms with van der Waals surface area (Å²) in [4.78, 5) is 0. The molecule has 2 aromatic rings. The van der Waals surface area contributed by atoms with Crippen molar-refractivity contribution in [2.75, 3.05) is 13.2 Å². The van der Waals surface area contributed by atoms with Gasteiger partial charge in [-0.05, 0) is 31.2 Å². The van der Waals surface area contributed by atoms with Crippen LogP contribution in [-0.4, -0.2) is 22.9 Å². The van der Waals surface area contributed by atoms with Gasteiger partial charge in [-0.3, -0.25) is 4.68 Å². The maximum atomic E-state index is 13.8. The first kappa shape index (κ1) is 17.5. The predicted molar refractivity (Wildman–Crippen MR) is 90.4 cm³/mol. The van der Waals surface area contributed by atoms with Gasteiger partial charge in [-0.25, -0.2) is 4.39 Å². The molecule has 2 rings (SSSR count). The number of aromatic nitrogens is 2. The van der Waals surface area contributed by atoms with Crippen molar-refractivity contribution in [2.24, 2.45) is 12.8 Å². The lowest BCUT2D eigenvalue weighted by Crippen LogP contribution is -2.18. The van der Waals surface area contributed by atoms with E-state index in [9.17, 15) is 4.39 Å². The Labute approximate surface area is 137 Å². The van der Waals surface area contributed by atoms with Crippen LogP contribution in [-0.2, 0) is 12.5 Å². The summed E-state index contributed by atoms with van der Waals surface area (Å²) in [6, 6.07) is 6.63. The third-order valence-electron chi connectivity index (χ3n) is 3.92. The SMILES string of the molecule is CCOc1ccc(F)cc1C(CN)c1cc(C(C)(C)C)nn1C. The third kappa shape index (κ3) is 3.72. The molecule has 0 aliphatic heterocycles. The van der Waals surface area contributed by atoms with Crippen molar-refractivity contribution in [3.05, 3.63) is 47.0 Å². The Morgan fingerprint density at radius 3 is 2.52 bits per heavy atom. The summed E-state index contributed by atoms with van der Waals surface area (Å²) in [6.07, 6.45) is 0. The molecule has 0 amide bonds. The zero-order valence-corrected chi connectivity index (χ0v) is 14.6. The Morgan fingerprint density at radius 1 is 1.30 bits per heavy atom. The lowest BCUT2D eigenvalue weighted by Gasteiger charge is -2.19. The van der Waals surface area contributed by atoms with E-state index in [-0.39, 0.29) is 17.2 Å². The fraction of sp³-hybridized carbons (Fsp3) is 0.500. The van der Waals surface area contributed by atoms with E-state index in [0.29, 0.717) is 18.9 Å². The van der Waals surface area contributed by atoms with Gasteiger partial charge in [0.05, 0.1) is 12.3 Å². The van der Waals surface area contributed by atoms with E-state index in [1.54, 1.807) is 6.07 Å². The molecule has 0 aliphatic rings. The summed E-state index contributed by atoms with van der Waals surface area (Å²) in [6.45, 7) is 9.13. The molecule has 0 radical (unpaired) electrons. The molecule has 1 aromatic carbocycles. The molecular formula is C18H26FN3O. The van der Waals surface area contributed by atoms with Crippen molar-refractivity contribution in [3.8, 4) is 5.75 Å². The fourth-order valence-electron chi connectivity index (χ4n) is 2.66. The normalized spacial score (nSPS) is 13.2. The first-order valence-electron chi connectivity index (χ1n) is 7.94. The zero-order valence-electron chi connectivity index (χ0n) is 14.6. The summed E-state index contributed by atoms with van der Waals surface area (Å²) in [5, 5.41) is 4.60. The van der Waals surface area contributed by atoms with Crippen LogP contribution in [0.1, 0.15) is 50.6 Å². The van der Waals surface area contributed by atoms with Gasteiger partial charge in [0, 0.05) is 36.2 Å². The number of nitrogens with two attached hydrogens (primary N) is 1. The molecule has 0 saturated heterocycles. The van der Waals surface area contributed by atoms with Gasteiger partial charge in [-0.1, -0.05) is 20.8 Å². The van der Waals surface area contributed by atoms with Crippen LogP contribution < -0.4 is 10.5 Å². The molecule has 0 saturated carbocycles. The Kier molecular flexibility index (Phi) is 5.09. The van der Waals surface area contributed by atoms with Gasteiger partial charge in [0.25, 0.3) is 0 Å². The maximum Gasteiger partial charge on any atom is 0.123 e. The van der Waals surface area contributed by atoms with E-state index in [1.807, 2.05) is 18.7 Å². The van der Waals surface area contributed by atoms with Crippen LogP contribution in [0.2, 0.25) is 0 Å². The van der Waals surface area contributed by atoms with Crippen LogP contribution >= 0.6 is 0 Å². The first-order chi connectivity index (χ1) is 10.8. The highest BCUT2D eigenvalue weighted by Gasteiger charge is 2.25. The van der Waals surface area contributed by atoms with Gasteiger partial charge >= 0.3 is 0 Å². The first-order valence-corrected chi connectivity index (χ1v) is 7.94. The van der Waals surface area contributed by atoms with Gasteiger partial charge in [-0.15, -0.1) is 0 Å². The fourth-order valence-corrected chi connectivity index (χ4v) is 2.66. The van der Waals surface area contributed by atoms with E-state index >= 15 is 0 Å². The number of nitrogens with zero attached hydrogens (tertiary/aromatic N) is 2. The minimum atomic E-state index is -0.292. The molecule has 1 atom stereocenters. The highest BCUT2D eigenvalue weighted by atomic mass is 19.1. The van der Waals surface area contributed by atoms with Crippen molar-refractivity contribution in [3.63, 3.8) is 0 Å². The molecule has 1 aromatic heterocycles. The van der Waals surface area contributed by atoms with Crippen LogP contribution in [0.25, 0.3) is 0 Å². The Morgan fingerprint density at radius 2 is 2.00 bits per heavy atom. The maximum absolute atomic E-state index is 13.8. The van der Waals surface area contributed by atoms with Crippen LogP contribution in [0.3, 0.4) is 0 Å². The second-order valence-electron chi connectivity index (χ2n) is 6.73.